The summed E-state index contributed by atoms with van der Waals surface area (Å²) in [6, 6.07) is 4.71. The monoisotopic (exact) mass is 391 g/mol. The highest BCUT2D eigenvalue weighted by molar-refractivity contribution is 5.92. The maximum atomic E-state index is 14.7. The Balaban J connectivity index is 1.81. The second-order valence-corrected chi connectivity index (χ2v) is 6.68. The number of imidazole rings is 1. The highest BCUT2D eigenvalue weighted by Gasteiger charge is 2.22. The zero-order chi connectivity index (χ0) is 20.7. The Kier molecular flexibility index (Phi) is 4.35. The van der Waals surface area contributed by atoms with Crippen LogP contribution in [-0.4, -0.2) is 29.3 Å². The van der Waals surface area contributed by atoms with Crippen LogP contribution < -0.4 is 11.1 Å². The first-order valence-corrected chi connectivity index (χ1v) is 8.81. The number of aryl methyl sites for hydroxylation is 2. The summed E-state index contributed by atoms with van der Waals surface area (Å²) in [5.74, 6) is 0.717. The lowest BCUT2D eigenvalue weighted by Crippen LogP contribution is -2.15. The van der Waals surface area contributed by atoms with E-state index in [1.54, 1.807) is 30.2 Å². The topological polar surface area (TPSA) is 123 Å². The van der Waals surface area contributed by atoms with Crippen molar-refractivity contribution in [2.75, 3.05) is 11.1 Å². The summed E-state index contributed by atoms with van der Waals surface area (Å²) in [6.07, 6.45) is 4.67. The molecule has 0 radical (unpaired) electrons. The maximum Gasteiger partial charge on any atom is 0.150 e. The summed E-state index contributed by atoms with van der Waals surface area (Å²) in [4.78, 5) is 12.6. The van der Waals surface area contributed by atoms with Crippen molar-refractivity contribution in [3.05, 3.63) is 48.1 Å². The minimum Gasteiger partial charge on any atom is -0.382 e. The van der Waals surface area contributed by atoms with Gasteiger partial charge in [0, 0.05) is 31.4 Å². The molecule has 3 aromatic heterocycles. The van der Waals surface area contributed by atoms with Crippen LogP contribution >= 0.6 is 0 Å². The van der Waals surface area contributed by atoms with E-state index < -0.39 is 0 Å². The van der Waals surface area contributed by atoms with Gasteiger partial charge in [-0.3, -0.25) is 4.68 Å². The first kappa shape index (κ1) is 18.4. The van der Waals surface area contributed by atoms with Crippen LogP contribution in [-0.2, 0) is 14.1 Å². The number of nitrogens with one attached hydrogen (secondary N) is 1. The summed E-state index contributed by atoms with van der Waals surface area (Å²) in [7, 11) is 3.60. The van der Waals surface area contributed by atoms with Gasteiger partial charge in [0.25, 0.3) is 0 Å². The lowest BCUT2D eigenvalue weighted by Gasteiger charge is -2.16. The number of hydrogen-bond acceptors (Lipinski definition) is 7. The van der Waals surface area contributed by atoms with Crippen molar-refractivity contribution in [2.24, 2.45) is 14.1 Å². The fourth-order valence-electron chi connectivity index (χ4n) is 3.40. The second kappa shape index (κ2) is 6.87. The largest absolute Gasteiger partial charge is 0.382 e. The van der Waals surface area contributed by atoms with E-state index in [9.17, 15) is 9.65 Å². The van der Waals surface area contributed by atoms with Gasteiger partial charge in [-0.05, 0) is 19.1 Å². The Morgan fingerprint density at radius 1 is 1.28 bits per heavy atom. The molecule has 0 aliphatic carbocycles. The van der Waals surface area contributed by atoms with Crippen molar-refractivity contribution >= 4 is 22.7 Å². The van der Waals surface area contributed by atoms with E-state index in [1.165, 1.54) is 12.4 Å². The number of benzene rings is 1. The Bertz CT molecular complexity index is 1260. The Hall–Kier alpha value is -4.00. The van der Waals surface area contributed by atoms with Crippen LogP contribution in [0.2, 0.25) is 0 Å². The molecule has 1 atom stereocenters. The van der Waals surface area contributed by atoms with Crippen molar-refractivity contribution in [2.45, 2.75) is 13.0 Å². The molecule has 0 aliphatic heterocycles. The van der Waals surface area contributed by atoms with Crippen LogP contribution in [0.4, 0.5) is 16.0 Å². The molecule has 4 aromatic rings. The van der Waals surface area contributed by atoms with Crippen LogP contribution in [0, 0.1) is 17.1 Å². The molecule has 0 amide bonds. The SMILES string of the molecule is C[C@H](Nc1ncnc(N)c1C#N)c1nc2ccc(F)c(-c3cnn(C)c3)c2n1C. The second-order valence-electron chi connectivity index (χ2n) is 6.68. The quantitative estimate of drug-likeness (QED) is 0.548. The molecule has 9 nitrogen and oxygen atoms in total. The number of nitrogens with two attached hydrogens (primary N) is 1. The van der Waals surface area contributed by atoms with Crippen molar-refractivity contribution in [3.8, 4) is 17.2 Å². The molecular weight excluding hydrogens is 373 g/mol. The van der Waals surface area contributed by atoms with Crippen LogP contribution in [0.15, 0.2) is 30.9 Å². The summed E-state index contributed by atoms with van der Waals surface area (Å²) in [6.45, 7) is 1.88. The maximum absolute atomic E-state index is 14.7. The molecule has 4 rings (SSSR count). The van der Waals surface area contributed by atoms with E-state index in [1.807, 2.05) is 24.6 Å². The third-order valence-electron chi connectivity index (χ3n) is 4.74. The molecule has 1 aromatic carbocycles. The molecule has 29 heavy (non-hydrogen) atoms. The number of halogens is 1. The average molecular weight is 391 g/mol. The predicted molar refractivity (Wildman–Crippen MR) is 106 cm³/mol. The van der Waals surface area contributed by atoms with Gasteiger partial charge in [-0.15, -0.1) is 0 Å². The number of rotatable bonds is 4. The van der Waals surface area contributed by atoms with Crippen molar-refractivity contribution in [1.82, 2.24) is 29.3 Å². The summed E-state index contributed by atoms with van der Waals surface area (Å²) >= 11 is 0. The van der Waals surface area contributed by atoms with Gasteiger partial charge in [-0.25, -0.2) is 19.3 Å². The standard InChI is InChI=1S/C19H18FN9/c1-10(26-18-12(6-21)17(22)23-9-24-18)19-27-14-5-4-13(20)15(16(14)29(19)3)11-7-25-28(2)8-11/h4-5,7-10H,1-3H3,(H3,22,23,24,26)/t10-/m0/s1. The molecule has 0 saturated heterocycles. The molecule has 3 heterocycles. The summed E-state index contributed by atoms with van der Waals surface area (Å²) in [5.41, 5.74) is 8.34. The highest BCUT2D eigenvalue weighted by atomic mass is 19.1. The third kappa shape index (κ3) is 3.02. The number of aromatic nitrogens is 6. The van der Waals surface area contributed by atoms with Crippen LogP contribution in [0.1, 0.15) is 24.4 Å². The molecule has 0 bridgehead atoms. The van der Waals surface area contributed by atoms with Gasteiger partial charge in [-0.2, -0.15) is 10.4 Å². The van der Waals surface area contributed by atoms with Gasteiger partial charge in [0.15, 0.2) is 0 Å². The van der Waals surface area contributed by atoms with Crippen LogP contribution in [0.25, 0.3) is 22.2 Å². The molecule has 0 unspecified atom stereocenters. The van der Waals surface area contributed by atoms with Crippen molar-refractivity contribution in [1.29, 1.82) is 5.26 Å². The Morgan fingerprint density at radius 2 is 2.07 bits per heavy atom. The summed E-state index contributed by atoms with van der Waals surface area (Å²) < 4.78 is 18.2. The van der Waals surface area contributed by atoms with E-state index in [0.717, 1.165) is 0 Å². The Morgan fingerprint density at radius 3 is 2.76 bits per heavy atom. The van der Waals surface area contributed by atoms with Crippen LogP contribution in [0.3, 0.4) is 0 Å². The molecular formula is C19H18FN9. The lowest BCUT2D eigenvalue weighted by atomic mass is 10.1. The molecule has 146 valence electrons. The van der Waals surface area contributed by atoms with Gasteiger partial charge in [-0.1, -0.05) is 0 Å². The predicted octanol–water partition coefficient (Wildman–Crippen LogP) is 2.53. The first-order chi connectivity index (χ1) is 13.9. The van der Waals surface area contributed by atoms with E-state index in [0.29, 0.717) is 33.8 Å². The van der Waals surface area contributed by atoms with E-state index in [2.05, 4.69) is 25.4 Å². The van der Waals surface area contributed by atoms with E-state index in [-0.39, 0.29) is 23.2 Å². The molecule has 0 saturated carbocycles. The van der Waals surface area contributed by atoms with Gasteiger partial charge in [0.2, 0.25) is 0 Å². The number of nitrogens with zero attached hydrogens (tertiary/aromatic N) is 7. The highest BCUT2D eigenvalue weighted by Crippen LogP contribution is 2.33. The van der Waals surface area contributed by atoms with Crippen molar-refractivity contribution in [3.63, 3.8) is 0 Å². The van der Waals surface area contributed by atoms with Gasteiger partial charge in [0.05, 0.1) is 23.3 Å². The fourth-order valence-corrected chi connectivity index (χ4v) is 3.40. The smallest absolute Gasteiger partial charge is 0.150 e. The zero-order valence-electron chi connectivity index (χ0n) is 16.0. The van der Waals surface area contributed by atoms with Crippen molar-refractivity contribution < 1.29 is 4.39 Å². The molecule has 0 spiro atoms. The van der Waals surface area contributed by atoms with Crippen LogP contribution in [0.5, 0.6) is 0 Å². The molecule has 10 heteroatoms. The minimum atomic E-state index is -0.351. The number of fused-ring (bicyclic) bond motifs is 1. The average Bonchev–Trinajstić information content (AvgIpc) is 3.26. The number of anilines is 2. The first-order valence-electron chi connectivity index (χ1n) is 8.81. The van der Waals surface area contributed by atoms with Gasteiger partial charge >= 0.3 is 0 Å². The molecule has 0 fully saturated rings. The van der Waals surface area contributed by atoms with Gasteiger partial charge < -0.3 is 15.6 Å². The molecule has 3 N–H and O–H groups in total. The third-order valence-corrected chi connectivity index (χ3v) is 4.74. The number of hydrogen-bond donors (Lipinski definition) is 2. The zero-order valence-corrected chi connectivity index (χ0v) is 16.0. The number of nitrogen functional groups attached to an aromatic ring is 1. The molecule has 0 aliphatic rings. The van der Waals surface area contributed by atoms with E-state index >= 15 is 0 Å². The van der Waals surface area contributed by atoms with Gasteiger partial charge in [0.1, 0.15) is 41.2 Å². The normalized spacial score (nSPS) is 12.1. The van der Waals surface area contributed by atoms with E-state index in [4.69, 9.17) is 5.73 Å². The number of nitriles is 1. The lowest BCUT2D eigenvalue weighted by molar-refractivity contribution is 0.632. The fraction of sp³-hybridized carbons (Fsp3) is 0.211. The Labute approximate surface area is 165 Å². The summed E-state index contributed by atoms with van der Waals surface area (Å²) in [5, 5.41) is 16.6. The minimum absolute atomic E-state index is 0.100.